The summed E-state index contributed by atoms with van der Waals surface area (Å²) in [5, 5.41) is 7.63. The molecule has 1 fully saturated rings. The number of aromatic nitrogens is 2. The fourth-order valence-corrected chi connectivity index (χ4v) is 2.71. The number of rotatable bonds is 6. The Hall–Kier alpha value is -1.08. The van der Waals surface area contributed by atoms with Crippen LogP contribution in [0, 0.1) is 5.92 Å². The van der Waals surface area contributed by atoms with Crippen LogP contribution in [0.1, 0.15) is 31.9 Å². The van der Waals surface area contributed by atoms with Gasteiger partial charge >= 0.3 is 6.18 Å². The van der Waals surface area contributed by atoms with Crippen molar-refractivity contribution in [2.24, 2.45) is 5.92 Å². The van der Waals surface area contributed by atoms with E-state index in [2.05, 4.69) is 17.3 Å². The van der Waals surface area contributed by atoms with Crippen LogP contribution in [-0.2, 0) is 6.54 Å². The molecular formula is C14H23F3N4. The largest absolute Gasteiger partial charge is 0.401 e. The average molecular weight is 304 g/mol. The maximum atomic E-state index is 12.3. The van der Waals surface area contributed by atoms with Gasteiger partial charge in [-0.15, -0.1) is 0 Å². The van der Waals surface area contributed by atoms with E-state index in [1.165, 1.54) is 4.90 Å². The summed E-state index contributed by atoms with van der Waals surface area (Å²) in [5.41, 5.74) is 1.11. The number of aryl methyl sites for hydroxylation is 1. The lowest BCUT2D eigenvalue weighted by atomic mass is 10.1. The van der Waals surface area contributed by atoms with Crippen molar-refractivity contribution in [1.82, 2.24) is 20.0 Å². The molecule has 2 unspecified atom stereocenters. The molecule has 0 aliphatic carbocycles. The van der Waals surface area contributed by atoms with Crippen molar-refractivity contribution in [3.05, 3.63) is 18.0 Å². The van der Waals surface area contributed by atoms with Gasteiger partial charge < -0.3 is 5.32 Å². The SMILES string of the molecule is CCn1cc(C(C)NCC2CCN(CC(F)(F)F)C2)cn1. The molecule has 0 bridgehead atoms. The fourth-order valence-electron chi connectivity index (χ4n) is 2.71. The van der Waals surface area contributed by atoms with Gasteiger partial charge in [-0.3, -0.25) is 9.58 Å². The predicted molar refractivity (Wildman–Crippen MR) is 74.9 cm³/mol. The summed E-state index contributed by atoms with van der Waals surface area (Å²) in [6, 6.07) is 0.168. The molecule has 120 valence electrons. The van der Waals surface area contributed by atoms with Crippen LogP contribution in [0.25, 0.3) is 0 Å². The van der Waals surface area contributed by atoms with Crippen LogP contribution in [0.4, 0.5) is 13.2 Å². The Morgan fingerprint density at radius 1 is 1.48 bits per heavy atom. The third kappa shape index (κ3) is 5.00. The maximum Gasteiger partial charge on any atom is 0.401 e. The van der Waals surface area contributed by atoms with Gasteiger partial charge in [0.15, 0.2) is 0 Å². The minimum Gasteiger partial charge on any atom is -0.310 e. The highest BCUT2D eigenvalue weighted by Gasteiger charge is 2.34. The zero-order chi connectivity index (χ0) is 15.5. The summed E-state index contributed by atoms with van der Waals surface area (Å²) >= 11 is 0. The molecule has 1 N–H and O–H groups in total. The van der Waals surface area contributed by atoms with Gasteiger partial charge in [-0.05, 0) is 39.3 Å². The Kier molecular flexibility index (Phi) is 5.27. The van der Waals surface area contributed by atoms with Gasteiger partial charge in [0.05, 0.1) is 12.7 Å². The molecule has 1 aromatic rings. The van der Waals surface area contributed by atoms with E-state index in [-0.39, 0.29) is 12.0 Å². The molecule has 2 atom stereocenters. The van der Waals surface area contributed by atoms with E-state index in [1.807, 2.05) is 24.0 Å². The van der Waals surface area contributed by atoms with Crippen molar-refractivity contribution in [2.75, 3.05) is 26.2 Å². The number of alkyl halides is 3. The zero-order valence-electron chi connectivity index (χ0n) is 12.5. The molecule has 7 heteroatoms. The third-order valence-corrected chi connectivity index (χ3v) is 3.96. The summed E-state index contributed by atoms with van der Waals surface area (Å²) in [5.74, 6) is 0.288. The van der Waals surface area contributed by atoms with Gasteiger partial charge in [0, 0.05) is 30.9 Å². The van der Waals surface area contributed by atoms with Crippen LogP contribution in [0.5, 0.6) is 0 Å². The quantitative estimate of drug-likeness (QED) is 0.876. The molecule has 2 heterocycles. The first-order valence-electron chi connectivity index (χ1n) is 7.42. The van der Waals surface area contributed by atoms with Gasteiger partial charge in [-0.1, -0.05) is 0 Å². The second-order valence-corrected chi connectivity index (χ2v) is 5.76. The maximum absolute atomic E-state index is 12.3. The van der Waals surface area contributed by atoms with Crippen LogP contribution in [-0.4, -0.2) is 47.0 Å². The van der Waals surface area contributed by atoms with E-state index < -0.39 is 12.7 Å². The number of hydrogen-bond donors (Lipinski definition) is 1. The van der Waals surface area contributed by atoms with Crippen LogP contribution < -0.4 is 5.32 Å². The summed E-state index contributed by atoms with van der Waals surface area (Å²) < 4.78 is 38.9. The fraction of sp³-hybridized carbons (Fsp3) is 0.786. The average Bonchev–Trinajstić information content (AvgIpc) is 3.02. The molecular weight excluding hydrogens is 281 g/mol. The Morgan fingerprint density at radius 3 is 2.86 bits per heavy atom. The van der Waals surface area contributed by atoms with E-state index in [0.29, 0.717) is 13.1 Å². The molecule has 0 saturated carbocycles. The smallest absolute Gasteiger partial charge is 0.310 e. The van der Waals surface area contributed by atoms with Crippen molar-refractivity contribution in [1.29, 1.82) is 0 Å². The first-order valence-corrected chi connectivity index (χ1v) is 7.42. The van der Waals surface area contributed by atoms with Crippen LogP contribution >= 0.6 is 0 Å². The number of halogens is 3. The first kappa shape index (κ1) is 16.3. The van der Waals surface area contributed by atoms with Gasteiger partial charge in [-0.25, -0.2) is 0 Å². The molecule has 1 aliphatic heterocycles. The van der Waals surface area contributed by atoms with Crippen LogP contribution in [0.15, 0.2) is 12.4 Å². The lowest BCUT2D eigenvalue weighted by Gasteiger charge is -2.19. The van der Waals surface area contributed by atoms with Crippen molar-refractivity contribution < 1.29 is 13.2 Å². The van der Waals surface area contributed by atoms with Crippen molar-refractivity contribution in [2.45, 2.75) is 39.0 Å². The number of likely N-dealkylation sites (tertiary alicyclic amines) is 1. The molecule has 0 radical (unpaired) electrons. The zero-order valence-corrected chi connectivity index (χ0v) is 12.5. The monoisotopic (exact) mass is 304 g/mol. The number of hydrogen-bond acceptors (Lipinski definition) is 3. The second-order valence-electron chi connectivity index (χ2n) is 5.76. The first-order chi connectivity index (χ1) is 9.87. The Balaban J connectivity index is 1.74. The van der Waals surface area contributed by atoms with E-state index in [4.69, 9.17) is 0 Å². The van der Waals surface area contributed by atoms with E-state index in [9.17, 15) is 13.2 Å². The molecule has 4 nitrogen and oxygen atoms in total. The summed E-state index contributed by atoms with van der Waals surface area (Å²) in [4.78, 5) is 1.49. The lowest BCUT2D eigenvalue weighted by molar-refractivity contribution is -0.143. The highest BCUT2D eigenvalue weighted by atomic mass is 19.4. The van der Waals surface area contributed by atoms with E-state index in [1.54, 1.807) is 0 Å². The topological polar surface area (TPSA) is 33.1 Å². The third-order valence-electron chi connectivity index (χ3n) is 3.96. The molecule has 1 saturated heterocycles. The Bertz CT molecular complexity index is 444. The Labute approximate surface area is 123 Å². The van der Waals surface area contributed by atoms with Gasteiger partial charge in [-0.2, -0.15) is 18.3 Å². The highest BCUT2D eigenvalue weighted by Crippen LogP contribution is 2.23. The summed E-state index contributed by atoms with van der Waals surface area (Å²) in [7, 11) is 0. The Morgan fingerprint density at radius 2 is 2.24 bits per heavy atom. The second kappa shape index (κ2) is 6.79. The summed E-state index contributed by atoms with van der Waals surface area (Å²) in [6.07, 6.45) is 0.572. The molecule has 2 rings (SSSR count). The standard InChI is InChI=1S/C14H23F3N4/c1-3-21-9-13(7-19-21)11(2)18-6-12-4-5-20(8-12)10-14(15,16)17/h7,9,11-12,18H,3-6,8,10H2,1-2H3. The lowest BCUT2D eigenvalue weighted by Crippen LogP contribution is -2.34. The number of nitrogens with zero attached hydrogens (tertiary/aromatic N) is 3. The van der Waals surface area contributed by atoms with E-state index in [0.717, 1.165) is 25.1 Å². The molecule has 21 heavy (non-hydrogen) atoms. The van der Waals surface area contributed by atoms with E-state index >= 15 is 0 Å². The molecule has 0 amide bonds. The molecule has 1 aliphatic rings. The normalized spacial score (nSPS) is 21.9. The highest BCUT2D eigenvalue weighted by molar-refractivity contribution is 5.09. The minimum atomic E-state index is -4.09. The number of nitrogens with one attached hydrogen (secondary N) is 1. The summed E-state index contributed by atoms with van der Waals surface area (Å²) in [6.45, 7) is 5.93. The van der Waals surface area contributed by atoms with Gasteiger partial charge in [0.1, 0.15) is 0 Å². The minimum absolute atomic E-state index is 0.168. The van der Waals surface area contributed by atoms with Gasteiger partial charge in [0.2, 0.25) is 0 Å². The molecule has 1 aromatic heterocycles. The van der Waals surface area contributed by atoms with Crippen LogP contribution in [0.3, 0.4) is 0 Å². The van der Waals surface area contributed by atoms with Crippen molar-refractivity contribution >= 4 is 0 Å². The van der Waals surface area contributed by atoms with Gasteiger partial charge in [0.25, 0.3) is 0 Å². The molecule has 0 spiro atoms. The molecule has 0 aromatic carbocycles. The van der Waals surface area contributed by atoms with Crippen LogP contribution in [0.2, 0.25) is 0 Å². The van der Waals surface area contributed by atoms with Crippen molar-refractivity contribution in [3.63, 3.8) is 0 Å². The van der Waals surface area contributed by atoms with Crippen molar-refractivity contribution in [3.8, 4) is 0 Å². The predicted octanol–water partition coefficient (Wildman–Crippen LogP) is 2.44.